The molecule has 7 nitrogen and oxygen atoms in total. The van der Waals surface area contributed by atoms with Gasteiger partial charge in [0.15, 0.2) is 0 Å². The molecule has 1 aromatic rings. The molecule has 0 amide bonds. The summed E-state index contributed by atoms with van der Waals surface area (Å²) in [4.78, 5) is 35.7. The molecule has 2 atom stereocenters. The molecule has 1 aromatic carbocycles. The highest BCUT2D eigenvalue weighted by molar-refractivity contribution is 5.96. The van der Waals surface area contributed by atoms with Crippen molar-refractivity contribution in [2.24, 2.45) is 5.92 Å². The number of benzene rings is 1. The van der Waals surface area contributed by atoms with Crippen molar-refractivity contribution < 1.29 is 19.2 Å². The van der Waals surface area contributed by atoms with Crippen molar-refractivity contribution in [2.75, 3.05) is 6.61 Å². The SMILES string of the molecule is CCOC(=O)C1=C(C)NC2=CCCC(=O)C2C1c1ccc([N+](=O)[O-])cc1. The van der Waals surface area contributed by atoms with E-state index >= 15 is 0 Å². The molecule has 0 bridgehead atoms. The lowest BCUT2D eigenvalue weighted by molar-refractivity contribution is -0.384. The van der Waals surface area contributed by atoms with Crippen LogP contribution in [0.5, 0.6) is 0 Å². The number of ketones is 1. The number of fused-ring (bicyclic) bond motifs is 1. The summed E-state index contributed by atoms with van der Waals surface area (Å²) >= 11 is 0. The van der Waals surface area contributed by atoms with E-state index < -0.39 is 22.7 Å². The van der Waals surface area contributed by atoms with E-state index in [1.807, 2.05) is 6.08 Å². The normalized spacial score (nSPS) is 22.2. The fourth-order valence-corrected chi connectivity index (χ4v) is 3.66. The van der Waals surface area contributed by atoms with Crippen molar-refractivity contribution >= 4 is 17.4 Å². The molecule has 3 rings (SSSR count). The van der Waals surface area contributed by atoms with Gasteiger partial charge >= 0.3 is 5.97 Å². The number of rotatable bonds is 4. The van der Waals surface area contributed by atoms with Crippen molar-refractivity contribution in [3.05, 3.63) is 63.0 Å². The van der Waals surface area contributed by atoms with Crippen LogP contribution in [0.1, 0.15) is 38.2 Å². The largest absolute Gasteiger partial charge is 0.463 e. The van der Waals surface area contributed by atoms with Crippen molar-refractivity contribution in [2.45, 2.75) is 32.6 Å². The molecule has 1 aliphatic carbocycles. The van der Waals surface area contributed by atoms with E-state index in [0.717, 1.165) is 5.70 Å². The lowest BCUT2D eigenvalue weighted by Crippen LogP contribution is -2.40. The molecule has 1 heterocycles. The predicted molar refractivity (Wildman–Crippen MR) is 94.1 cm³/mol. The molecule has 7 heteroatoms. The zero-order valence-electron chi connectivity index (χ0n) is 14.7. The minimum absolute atomic E-state index is 0.0354. The Morgan fingerprint density at radius 2 is 2.00 bits per heavy atom. The molecule has 0 aromatic heterocycles. The average molecular weight is 356 g/mol. The number of nitrogens with one attached hydrogen (secondary N) is 1. The lowest BCUT2D eigenvalue weighted by Gasteiger charge is -2.37. The third-order valence-corrected chi connectivity index (χ3v) is 4.78. The number of allylic oxidation sites excluding steroid dienone is 3. The monoisotopic (exact) mass is 356 g/mol. The number of esters is 1. The minimum atomic E-state index is -0.518. The first-order chi connectivity index (χ1) is 12.4. The molecular weight excluding hydrogens is 336 g/mol. The number of carbonyl (C=O) groups excluding carboxylic acids is 2. The molecule has 2 aliphatic rings. The Hall–Kier alpha value is -2.96. The van der Waals surface area contributed by atoms with Crippen LogP contribution in [0.25, 0.3) is 0 Å². The number of nitro groups is 1. The second-order valence-corrected chi connectivity index (χ2v) is 6.35. The Morgan fingerprint density at radius 3 is 2.62 bits per heavy atom. The van der Waals surface area contributed by atoms with Gasteiger partial charge in [0, 0.05) is 35.9 Å². The van der Waals surface area contributed by atoms with Gasteiger partial charge in [-0.2, -0.15) is 0 Å². The van der Waals surface area contributed by atoms with Gasteiger partial charge in [-0.3, -0.25) is 14.9 Å². The summed E-state index contributed by atoms with van der Waals surface area (Å²) in [5, 5.41) is 14.1. The Kier molecular flexibility index (Phi) is 4.88. The summed E-state index contributed by atoms with van der Waals surface area (Å²) in [5.41, 5.74) is 2.48. The Morgan fingerprint density at radius 1 is 1.31 bits per heavy atom. The quantitative estimate of drug-likeness (QED) is 0.506. The van der Waals surface area contributed by atoms with Crippen LogP contribution in [0.3, 0.4) is 0 Å². The van der Waals surface area contributed by atoms with Crippen molar-refractivity contribution in [1.82, 2.24) is 5.32 Å². The van der Waals surface area contributed by atoms with Gasteiger partial charge in [-0.25, -0.2) is 4.79 Å². The Balaban J connectivity index is 2.13. The zero-order valence-corrected chi connectivity index (χ0v) is 14.7. The number of non-ortho nitro benzene ring substituents is 1. The molecule has 2 unspecified atom stereocenters. The van der Waals surface area contributed by atoms with E-state index in [1.54, 1.807) is 26.0 Å². The molecule has 0 radical (unpaired) electrons. The fraction of sp³-hybridized carbons (Fsp3) is 0.368. The molecule has 0 spiro atoms. The van der Waals surface area contributed by atoms with Crippen LogP contribution in [-0.4, -0.2) is 23.3 Å². The highest BCUT2D eigenvalue weighted by Crippen LogP contribution is 2.44. The number of Topliss-reactive ketones (excluding diaryl/α,β-unsaturated/α-hetero) is 1. The standard InChI is InChI=1S/C19H20N2O5/c1-3-26-19(23)16-11(2)20-14-5-4-6-15(22)18(14)17(16)12-7-9-13(10-8-12)21(24)25/h5,7-10,17-18,20H,3-4,6H2,1-2H3. The van der Waals surface area contributed by atoms with Crippen LogP contribution in [0, 0.1) is 16.0 Å². The van der Waals surface area contributed by atoms with Gasteiger partial charge in [-0.1, -0.05) is 18.2 Å². The molecular formula is C19H20N2O5. The van der Waals surface area contributed by atoms with Crippen LogP contribution in [0.4, 0.5) is 5.69 Å². The van der Waals surface area contributed by atoms with Gasteiger partial charge in [-0.15, -0.1) is 0 Å². The topological polar surface area (TPSA) is 98.5 Å². The maximum atomic E-state index is 12.7. The second-order valence-electron chi connectivity index (χ2n) is 6.35. The van der Waals surface area contributed by atoms with E-state index in [2.05, 4.69) is 5.32 Å². The minimum Gasteiger partial charge on any atom is -0.463 e. The molecule has 0 saturated carbocycles. The second kappa shape index (κ2) is 7.11. The zero-order chi connectivity index (χ0) is 18.8. The van der Waals surface area contributed by atoms with Gasteiger partial charge in [0.2, 0.25) is 0 Å². The predicted octanol–water partition coefficient (Wildman–Crippen LogP) is 2.98. The van der Waals surface area contributed by atoms with Crippen LogP contribution in [0.2, 0.25) is 0 Å². The highest BCUT2D eigenvalue weighted by atomic mass is 16.6. The number of nitro benzene ring substituents is 1. The molecule has 26 heavy (non-hydrogen) atoms. The number of nitrogens with zero attached hydrogens (tertiary/aromatic N) is 1. The maximum Gasteiger partial charge on any atom is 0.336 e. The van der Waals surface area contributed by atoms with Crippen LogP contribution >= 0.6 is 0 Å². The van der Waals surface area contributed by atoms with E-state index in [4.69, 9.17) is 4.74 Å². The Labute approximate surface area is 150 Å². The number of hydrogen-bond donors (Lipinski definition) is 1. The van der Waals surface area contributed by atoms with Crippen molar-refractivity contribution in [3.8, 4) is 0 Å². The van der Waals surface area contributed by atoms with Crippen LogP contribution in [-0.2, 0) is 14.3 Å². The molecule has 0 saturated heterocycles. The molecule has 0 fully saturated rings. The first-order valence-corrected chi connectivity index (χ1v) is 8.56. The van der Waals surface area contributed by atoms with Crippen molar-refractivity contribution in [1.29, 1.82) is 0 Å². The van der Waals surface area contributed by atoms with Gasteiger partial charge in [-0.05, 0) is 25.8 Å². The summed E-state index contributed by atoms with van der Waals surface area (Å²) in [6, 6.07) is 6.01. The summed E-state index contributed by atoms with van der Waals surface area (Å²) in [7, 11) is 0. The van der Waals surface area contributed by atoms with Gasteiger partial charge < -0.3 is 10.1 Å². The first-order valence-electron chi connectivity index (χ1n) is 8.56. The van der Waals surface area contributed by atoms with Crippen LogP contribution < -0.4 is 5.32 Å². The number of ether oxygens (including phenoxy) is 1. The molecule has 1 aliphatic heterocycles. The lowest BCUT2D eigenvalue weighted by atomic mass is 9.71. The summed E-state index contributed by atoms with van der Waals surface area (Å²) in [6.45, 7) is 3.73. The number of carbonyl (C=O) groups is 2. The van der Waals surface area contributed by atoms with Gasteiger partial charge in [0.05, 0.1) is 23.0 Å². The smallest absolute Gasteiger partial charge is 0.336 e. The van der Waals surface area contributed by atoms with E-state index in [-0.39, 0.29) is 18.1 Å². The highest BCUT2D eigenvalue weighted by Gasteiger charge is 2.43. The van der Waals surface area contributed by atoms with Gasteiger partial charge in [0.1, 0.15) is 5.78 Å². The summed E-state index contributed by atoms with van der Waals surface area (Å²) < 4.78 is 5.20. The van der Waals surface area contributed by atoms with Crippen LogP contribution in [0.15, 0.2) is 47.3 Å². The molecule has 136 valence electrons. The molecule has 1 N–H and O–H groups in total. The summed E-state index contributed by atoms with van der Waals surface area (Å²) in [6.07, 6.45) is 3.05. The third-order valence-electron chi connectivity index (χ3n) is 4.78. The number of hydrogen-bond acceptors (Lipinski definition) is 6. The van der Waals surface area contributed by atoms with E-state index in [1.165, 1.54) is 12.1 Å². The van der Waals surface area contributed by atoms with E-state index in [9.17, 15) is 19.7 Å². The summed E-state index contributed by atoms with van der Waals surface area (Å²) in [5.74, 6) is -1.45. The fourth-order valence-electron chi connectivity index (χ4n) is 3.66. The third kappa shape index (κ3) is 3.12. The first kappa shape index (κ1) is 17.8. The van der Waals surface area contributed by atoms with Gasteiger partial charge in [0.25, 0.3) is 5.69 Å². The van der Waals surface area contributed by atoms with Crippen molar-refractivity contribution in [3.63, 3.8) is 0 Å². The average Bonchev–Trinajstić information content (AvgIpc) is 2.61. The maximum absolute atomic E-state index is 12.7. The Bertz CT molecular complexity index is 823. The van der Waals surface area contributed by atoms with E-state index in [0.29, 0.717) is 29.7 Å².